The minimum absolute atomic E-state index is 0.315. The predicted octanol–water partition coefficient (Wildman–Crippen LogP) is 0.0860. The van der Waals surface area contributed by atoms with Gasteiger partial charge in [0, 0.05) is 4.43 Å². The first-order valence-electron chi connectivity index (χ1n) is 6.06. The van der Waals surface area contributed by atoms with Crippen molar-refractivity contribution < 1.29 is 29.6 Å². The fourth-order valence-corrected chi connectivity index (χ4v) is 2.62. The van der Waals surface area contributed by atoms with Crippen LogP contribution in [0.2, 0.25) is 0 Å². The van der Waals surface area contributed by atoms with E-state index in [0.29, 0.717) is 9.99 Å². The molecule has 1 saturated heterocycles. The van der Waals surface area contributed by atoms with Crippen LogP contribution < -0.4 is 0 Å². The Balaban J connectivity index is 2.06. The number of esters is 1. The topological polar surface area (TPSA) is 96.2 Å². The number of rotatable bonds is 3. The standard InChI is InChI=1S/C13H15IO6/c14-6-8-9(15)10(16)11(17)13(19-8)20-12(18)7-4-2-1-3-5-7/h1-5,8-11,13,15-17H,6H2/t8-,9-,10+,11-,13+/m1/s1. The molecule has 0 spiro atoms. The third-order valence-electron chi connectivity index (χ3n) is 3.05. The summed E-state index contributed by atoms with van der Waals surface area (Å²) in [4.78, 5) is 11.9. The number of hydrogen-bond donors (Lipinski definition) is 3. The Kier molecular flexibility index (Phi) is 5.33. The van der Waals surface area contributed by atoms with Gasteiger partial charge in [0.2, 0.25) is 6.29 Å². The maximum absolute atomic E-state index is 11.9. The summed E-state index contributed by atoms with van der Waals surface area (Å²) >= 11 is 1.98. The summed E-state index contributed by atoms with van der Waals surface area (Å²) in [5.41, 5.74) is 0.315. The summed E-state index contributed by atoms with van der Waals surface area (Å²) in [5, 5.41) is 29.2. The molecule has 0 saturated carbocycles. The molecule has 0 aliphatic carbocycles. The summed E-state index contributed by atoms with van der Waals surface area (Å²) in [6, 6.07) is 8.26. The van der Waals surface area contributed by atoms with Crippen molar-refractivity contribution >= 4 is 28.6 Å². The Bertz CT molecular complexity index is 451. The average molecular weight is 394 g/mol. The summed E-state index contributed by atoms with van der Waals surface area (Å²) < 4.78 is 10.8. The van der Waals surface area contributed by atoms with Crippen molar-refractivity contribution in [3.8, 4) is 0 Å². The van der Waals surface area contributed by atoms with Gasteiger partial charge in [0.15, 0.2) is 0 Å². The highest BCUT2D eigenvalue weighted by atomic mass is 127. The number of benzene rings is 1. The third-order valence-corrected chi connectivity index (χ3v) is 3.92. The number of aliphatic hydroxyl groups excluding tert-OH is 3. The lowest BCUT2D eigenvalue weighted by Gasteiger charge is -2.39. The molecule has 2 rings (SSSR count). The van der Waals surface area contributed by atoms with Crippen molar-refractivity contribution in [3.05, 3.63) is 35.9 Å². The largest absolute Gasteiger partial charge is 0.429 e. The van der Waals surface area contributed by atoms with Crippen LogP contribution in [0.5, 0.6) is 0 Å². The van der Waals surface area contributed by atoms with Gasteiger partial charge in [-0.2, -0.15) is 0 Å². The Morgan fingerprint density at radius 1 is 1.15 bits per heavy atom. The molecule has 0 amide bonds. The lowest BCUT2D eigenvalue weighted by molar-refractivity contribution is -0.274. The van der Waals surface area contributed by atoms with Crippen molar-refractivity contribution in [1.29, 1.82) is 0 Å². The predicted molar refractivity (Wildman–Crippen MR) is 77.4 cm³/mol. The monoisotopic (exact) mass is 394 g/mol. The van der Waals surface area contributed by atoms with E-state index in [1.165, 1.54) is 0 Å². The molecule has 1 heterocycles. The number of hydrogen-bond acceptors (Lipinski definition) is 6. The van der Waals surface area contributed by atoms with Crippen LogP contribution in [-0.4, -0.2) is 56.4 Å². The first kappa shape index (κ1) is 15.6. The van der Waals surface area contributed by atoms with E-state index in [-0.39, 0.29) is 0 Å². The molecule has 6 nitrogen and oxygen atoms in total. The van der Waals surface area contributed by atoms with E-state index in [0.717, 1.165) is 0 Å². The first-order valence-corrected chi connectivity index (χ1v) is 7.59. The molecule has 1 aromatic carbocycles. The maximum Gasteiger partial charge on any atom is 0.340 e. The highest BCUT2D eigenvalue weighted by molar-refractivity contribution is 14.1. The van der Waals surface area contributed by atoms with Crippen LogP contribution >= 0.6 is 22.6 Å². The van der Waals surface area contributed by atoms with Gasteiger partial charge in [-0.15, -0.1) is 0 Å². The zero-order valence-electron chi connectivity index (χ0n) is 10.4. The first-order chi connectivity index (χ1) is 9.54. The molecule has 20 heavy (non-hydrogen) atoms. The summed E-state index contributed by atoms with van der Waals surface area (Å²) in [6.07, 6.45) is -6.13. The van der Waals surface area contributed by atoms with E-state index in [1.807, 2.05) is 22.6 Å². The normalized spacial score (nSPS) is 33.7. The molecule has 1 aliphatic heterocycles. The molecule has 0 bridgehead atoms. The number of alkyl halides is 1. The summed E-state index contributed by atoms with van der Waals surface area (Å²) in [7, 11) is 0. The van der Waals surface area contributed by atoms with E-state index < -0.39 is 36.7 Å². The SMILES string of the molecule is O=C(O[C@@H]1O[C@H](CI)[C@@H](O)[C@H](O)[C@H]1O)c1ccccc1. The van der Waals surface area contributed by atoms with Crippen molar-refractivity contribution in [2.75, 3.05) is 4.43 Å². The zero-order chi connectivity index (χ0) is 14.7. The minimum atomic E-state index is -1.49. The average Bonchev–Trinajstić information content (AvgIpc) is 2.48. The molecule has 1 fully saturated rings. The van der Waals surface area contributed by atoms with E-state index in [1.54, 1.807) is 30.3 Å². The number of aliphatic hydroxyl groups is 3. The molecule has 0 radical (unpaired) electrons. The van der Waals surface area contributed by atoms with E-state index in [9.17, 15) is 20.1 Å². The van der Waals surface area contributed by atoms with Crippen LogP contribution in [0.15, 0.2) is 30.3 Å². The molecular formula is C13H15IO6. The maximum atomic E-state index is 11.9. The second kappa shape index (κ2) is 6.81. The molecule has 3 N–H and O–H groups in total. The quantitative estimate of drug-likeness (QED) is 0.382. The van der Waals surface area contributed by atoms with Crippen LogP contribution in [0.25, 0.3) is 0 Å². The molecule has 7 heteroatoms. The molecule has 1 aliphatic rings. The molecule has 0 aromatic heterocycles. The van der Waals surface area contributed by atoms with Gasteiger partial charge in [0.1, 0.15) is 18.3 Å². The smallest absolute Gasteiger partial charge is 0.340 e. The van der Waals surface area contributed by atoms with Gasteiger partial charge in [0.05, 0.1) is 11.7 Å². The fourth-order valence-electron chi connectivity index (χ4n) is 1.89. The Morgan fingerprint density at radius 2 is 1.80 bits per heavy atom. The molecule has 110 valence electrons. The van der Waals surface area contributed by atoms with Gasteiger partial charge in [-0.3, -0.25) is 0 Å². The highest BCUT2D eigenvalue weighted by Gasteiger charge is 2.45. The van der Waals surface area contributed by atoms with E-state index in [2.05, 4.69) is 0 Å². The number of halogens is 1. The Hall–Kier alpha value is -0.740. The number of carbonyl (C=O) groups excluding carboxylic acids is 1. The fraction of sp³-hybridized carbons (Fsp3) is 0.462. The van der Waals surface area contributed by atoms with Crippen LogP contribution in [0.4, 0.5) is 0 Å². The van der Waals surface area contributed by atoms with Gasteiger partial charge in [-0.05, 0) is 12.1 Å². The van der Waals surface area contributed by atoms with Gasteiger partial charge < -0.3 is 24.8 Å². The molecular weight excluding hydrogens is 379 g/mol. The van der Waals surface area contributed by atoms with Crippen molar-refractivity contribution in [3.63, 3.8) is 0 Å². The summed E-state index contributed by atoms with van der Waals surface area (Å²) in [5.74, 6) is -0.662. The molecule has 0 unspecified atom stereocenters. The molecule has 5 atom stereocenters. The lowest BCUT2D eigenvalue weighted by Crippen LogP contribution is -2.59. The van der Waals surface area contributed by atoms with E-state index in [4.69, 9.17) is 9.47 Å². The summed E-state index contributed by atoms with van der Waals surface area (Å²) in [6.45, 7) is 0. The minimum Gasteiger partial charge on any atom is -0.429 e. The number of carbonyl (C=O) groups is 1. The zero-order valence-corrected chi connectivity index (χ0v) is 12.6. The van der Waals surface area contributed by atoms with Crippen LogP contribution in [0, 0.1) is 0 Å². The van der Waals surface area contributed by atoms with Gasteiger partial charge in [-0.1, -0.05) is 40.8 Å². The van der Waals surface area contributed by atoms with Gasteiger partial charge in [-0.25, -0.2) is 4.79 Å². The van der Waals surface area contributed by atoms with Gasteiger partial charge in [0.25, 0.3) is 0 Å². The Labute approximate surface area is 129 Å². The van der Waals surface area contributed by atoms with Crippen molar-refractivity contribution in [2.45, 2.75) is 30.7 Å². The van der Waals surface area contributed by atoms with Crippen LogP contribution in [0.1, 0.15) is 10.4 Å². The van der Waals surface area contributed by atoms with Gasteiger partial charge >= 0.3 is 5.97 Å². The highest BCUT2D eigenvalue weighted by Crippen LogP contribution is 2.24. The molecule has 1 aromatic rings. The van der Waals surface area contributed by atoms with E-state index >= 15 is 0 Å². The van der Waals surface area contributed by atoms with Crippen LogP contribution in [-0.2, 0) is 9.47 Å². The van der Waals surface area contributed by atoms with Crippen molar-refractivity contribution in [2.24, 2.45) is 0 Å². The second-order valence-corrected chi connectivity index (χ2v) is 5.32. The number of ether oxygens (including phenoxy) is 2. The third kappa shape index (κ3) is 3.29. The second-order valence-electron chi connectivity index (χ2n) is 4.44. The Morgan fingerprint density at radius 3 is 2.40 bits per heavy atom. The van der Waals surface area contributed by atoms with Crippen molar-refractivity contribution in [1.82, 2.24) is 0 Å². The lowest BCUT2D eigenvalue weighted by atomic mass is 10.00. The van der Waals surface area contributed by atoms with Crippen LogP contribution in [0.3, 0.4) is 0 Å².